The second kappa shape index (κ2) is 31.2. The first-order chi connectivity index (χ1) is 50.6. The van der Waals surface area contributed by atoms with Crippen molar-refractivity contribution in [2.24, 2.45) is 0 Å². The lowest BCUT2D eigenvalue weighted by molar-refractivity contribution is 0.00578. The highest BCUT2D eigenvalue weighted by Gasteiger charge is 2.64. The maximum absolute atomic E-state index is 12.1. The molecule has 17 rings (SSSR count). The Morgan fingerprint density at radius 1 is 0.458 bits per heavy atom. The zero-order valence-electron chi connectivity index (χ0n) is 61.3. The van der Waals surface area contributed by atoms with E-state index in [1.54, 1.807) is 55.4 Å². The van der Waals surface area contributed by atoms with Gasteiger partial charge in [-0.3, -0.25) is 24.8 Å². The molecule has 4 atom stereocenters. The number of fused-ring (bicyclic) bond motifs is 6. The predicted molar refractivity (Wildman–Crippen MR) is 402 cm³/mol. The summed E-state index contributed by atoms with van der Waals surface area (Å²) >= 11 is 9.98. The first-order valence-electron chi connectivity index (χ1n) is 34.1. The van der Waals surface area contributed by atoms with Crippen molar-refractivity contribution in [2.45, 2.75) is 175 Å². The summed E-state index contributed by atoms with van der Waals surface area (Å²) in [6, 6.07) is 26.5. The number of cyclic esters (lactones) is 2. The number of aromatic amines is 1. The third kappa shape index (κ3) is 17.0. The molecule has 2 aromatic carbocycles. The van der Waals surface area contributed by atoms with Crippen LogP contribution in [0.3, 0.4) is 0 Å². The maximum atomic E-state index is 12.1. The van der Waals surface area contributed by atoms with Crippen molar-refractivity contribution in [2.75, 3.05) is 23.0 Å². The Hall–Kier alpha value is -8.62. The number of carbonyl (C=O) groups is 2. The van der Waals surface area contributed by atoms with Gasteiger partial charge in [-0.25, -0.2) is 14.6 Å². The lowest BCUT2D eigenvalue weighted by atomic mass is 9.49. The van der Waals surface area contributed by atoms with Crippen molar-refractivity contribution in [1.82, 2.24) is 71.2 Å². The number of pyridine rings is 4. The van der Waals surface area contributed by atoms with E-state index in [1.165, 1.54) is 0 Å². The molecule has 37 heteroatoms. The number of hydrogen-bond acceptors (Lipinski definition) is 28. The zero-order valence-corrected chi connectivity index (χ0v) is 66.1. The van der Waals surface area contributed by atoms with Gasteiger partial charge in [0.05, 0.1) is 70.3 Å². The van der Waals surface area contributed by atoms with E-state index in [9.17, 15) is 14.7 Å². The van der Waals surface area contributed by atoms with E-state index in [0.29, 0.717) is 70.4 Å². The molecule has 5 saturated heterocycles. The molecule has 31 nitrogen and oxygen atoms in total. The van der Waals surface area contributed by atoms with E-state index in [0.717, 1.165) is 58.9 Å². The first kappa shape index (κ1) is 78.0. The topological polar surface area (TPSA) is 378 Å². The Morgan fingerprint density at radius 2 is 0.850 bits per heavy atom. The number of aromatic nitrogens is 14. The van der Waals surface area contributed by atoms with Crippen LogP contribution in [0.4, 0.5) is 21.0 Å². The highest BCUT2D eigenvalue weighted by Crippen LogP contribution is 2.45. The summed E-state index contributed by atoms with van der Waals surface area (Å²) in [6.07, 6.45) is 6.62. The van der Waals surface area contributed by atoms with Crippen molar-refractivity contribution >= 4 is 98.0 Å². The summed E-state index contributed by atoms with van der Waals surface area (Å²) in [5.74, 6) is 3.30. The number of amides is 2. The van der Waals surface area contributed by atoms with Gasteiger partial charge < -0.3 is 60.9 Å². The second-order valence-electron chi connectivity index (χ2n) is 28.7. The van der Waals surface area contributed by atoms with Gasteiger partial charge in [-0.05, 0) is 216 Å². The molecule has 107 heavy (non-hydrogen) atoms. The third-order valence-corrected chi connectivity index (χ3v) is 21.1. The number of ether oxygens (including phenoxy) is 2. The molecule has 2 amide bonds. The van der Waals surface area contributed by atoms with Gasteiger partial charge in [-0.1, -0.05) is 34.1 Å². The number of anilines is 2. The molecule has 0 spiro atoms. The Morgan fingerprint density at radius 3 is 1.23 bits per heavy atom. The van der Waals surface area contributed by atoms with Gasteiger partial charge in [-0.15, -0.1) is 40.8 Å². The maximum Gasteiger partial charge on any atom is 0.496 e. The molecule has 15 heterocycles. The number of tetrazole rings is 1. The van der Waals surface area contributed by atoms with Crippen LogP contribution in [0.15, 0.2) is 136 Å². The molecule has 0 aliphatic carbocycles. The van der Waals surface area contributed by atoms with Crippen LogP contribution in [-0.4, -0.2) is 186 Å². The quantitative estimate of drug-likeness (QED) is 0.113. The summed E-state index contributed by atoms with van der Waals surface area (Å²) in [7, 11) is -1.37. The van der Waals surface area contributed by atoms with Crippen molar-refractivity contribution in [3.63, 3.8) is 0 Å². The minimum Gasteiger partial charge on any atom is -0.441 e. The molecular weight excluding hydrogens is 1580 g/mol. The second-order valence-corrected chi connectivity index (χ2v) is 31.4. The third-order valence-electron chi connectivity index (χ3n) is 19.7. The number of halogens is 3. The molecule has 8 aromatic heterocycles. The van der Waals surface area contributed by atoms with Crippen LogP contribution in [-0.2, 0) is 50.2 Å². The molecular formula is C70H78B3Br3N16O15. The van der Waals surface area contributed by atoms with Gasteiger partial charge in [0, 0.05) is 70.0 Å². The fourth-order valence-corrected chi connectivity index (χ4v) is 12.7. The summed E-state index contributed by atoms with van der Waals surface area (Å²) < 4.78 is 64.9. The van der Waals surface area contributed by atoms with Crippen molar-refractivity contribution in [3.05, 3.63) is 152 Å². The van der Waals surface area contributed by atoms with Gasteiger partial charge in [0.2, 0.25) is 23.5 Å². The number of nitrogens with one attached hydrogen (secondary N) is 1. The number of aliphatic hydroxyl groups is 2. The summed E-state index contributed by atoms with van der Waals surface area (Å²) in [5, 5.41) is 55.1. The summed E-state index contributed by atoms with van der Waals surface area (Å²) in [5.41, 5.74) is 7.22. The molecule has 0 unspecified atom stereocenters. The highest BCUT2D eigenvalue weighted by molar-refractivity contribution is 9.11. The minimum absolute atomic E-state index is 0.0539. The Bertz CT molecular complexity index is 4690. The van der Waals surface area contributed by atoms with E-state index in [1.807, 2.05) is 162 Å². The Kier molecular flexibility index (Phi) is 22.7. The molecule has 3 N–H and O–H groups in total. The van der Waals surface area contributed by atoms with Gasteiger partial charge in [0.15, 0.2) is 0 Å². The standard InChI is InChI=1S/C19H16N4O4.C14H18BN3O3.C12H24B2O4.C11H10BrNO3.C8H6BrN3O.C6H4BrN5/c1-10-21-22-18(26-10)14-4-2-12(8-20-14)11-3-5-15-13(6-11)7-16-17(9-24)27-19(25)23(15)16;1-9-17-18-12(19-9)11-7-6-10(8-16-11)15-20-13(2,3)14(4,5)21-15;1-9(2)10(3,4)16-13(15-9)14-17-11(5,6)12(7,8)18-14;12-7-1-2-8-6(3-7)4-9-10(5-14)16-11(15)13(8)9;1-5-11-12-8(13-5)7-3-2-6(9)4-10-7;7-4-1-2-5(8-3-4)6-9-11-12-10-6/h2-6,8,16-17,24H,7,9H2,1H3;6-8H,1-5H3;1-8H3;1-3,9-10,14H,4-5H2;2-4H,1H3;1-3H,(H,9,10,11,12)/t16-,17-;;;9-,10-;;/m0..0../s1. The first-order valence-corrected chi connectivity index (χ1v) is 36.5. The van der Waals surface area contributed by atoms with E-state index >= 15 is 0 Å². The van der Waals surface area contributed by atoms with Crippen LogP contribution in [0.25, 0.3) is 57.4 Å². The van der Waals surface area contributed by atoms with Crippen LogP contribution in [0, 0.1) is 20.8 Å². The molecule has 7 aliphatic rings. The molecule has 7 aliphatic heterocycles. The SMILES string of the molecule is Brc1ccc(-c2nn[nH]n2)nc1.CC1(C)OB(B2OC(C)(C)C(C)(C)O2)OC1(C)C.Cc1nnc(-c2ccc(-c3ccc4c(c3)C[C@H]3[C@H](CO)OC(=O)N43)cn2)o1.Cc1nnc(-c2ccc(B3OC(C)(C)C(C)(C)O3)cn2)o1.Cc1nnc(-c2ccc(Br)cn2)o1.O=C1O[C@@H](CO)[C@@H]2Cc3cc(Br)ccc3N12. The smallest absolute Gasteiger partial charge is 0.441 e. The lowest BCUT2D eigenvalue weighted by Gasteiger charge is -2.32. The summed E-state index contributed by atoms with van der Waals surface area (Å²) in [6.45, 7) is 29.2. The summed E-state index contributed by atoms with van der Waals surface area (Å²) in [4.78, 5) is 44.0. The van der Waals surface area contributed by atoms with E-state index < -0.39 is 39.4 Å². The lowest BCUT2D eigenvalue weighted by Crippen LogP contribution is -2.41. The number of carbonyl (C=O) groups excluding carboxylic acids is 2. The molecule has 0 radical (unpaired) electrons. The van der Waals surface area contributed by atoms with Crippen LogP contribution in [0.2, 0.25) is 0 Å². The van der Waals surface area contributed by atoms with Gasteiger partial charge in [-0.2, -0.15) is 5.21 Å². The van der Waals surface area contributed by atoms with Crippen molar-refractivity contribution < 1.29 is 70.5 Å². The molecule has 10 aromatic rings. The fourth-order valence-electron chi connectivity index (χ4n) is 11.8. The largest absolute Gasteiger partial charge is 0.496 e. The van der Waals surface area contributed by atoms with Crippen LogP contribution >= 0.6 is 47.8 Å². The fraction of sp³-hybridized carbons (Fsp3) is 0.414. The Balaban J connectivity index is 0.000000123. The highest BCUT2D eigenvalue weighted by atomic mass is 79.9. The number of aryl methyl sites for hydroxylation is 3. The number of hydrogen-bond donors (Lipinski definition) is 3. The van der Waals surface area contributed by atoms with Gasteiger partial charge in [0.1, 0.15) is 35.0 Å². The zero-order chi connectivity index (χ0) is 76.7. The monoisotopic (exact) mass is 1650 g/mol. The van der Waals surface area contributed by atoms with Gasteiger partial charge >= 0.3 is 33.3 Å². The Labute approximate surface area is 642 Å². The van der Waals surface area contributed by atoms with E-state index in [-0.39, 0.29) is 65.0 Å². The van der Waals surface area contributed by atoms with Crippen LogP contribution < -0.4 is 15.3 Å². The van der Waals surface area contributed by atoms with Crippen LogP contribution in [0.1, 0.15) is 112 Å². The van der Waals surface area contributed by atoms with Gasteiger partial charge in [0.25, 0.3) is 17.7 Å². The molecule has 0 bridgehead atoms. The molecule has 5 fully saturated rings. The number of nitrogens with zero attached hydrogens (tertiary/aromatic N) is 15. The van der Waals surface area contributed by atoms with E-state index in [2.05, 4.69) is 125 Å². The van der Waals surface area contributed by atoms with Crippen LogP contribution in [0.5, 0.6) is 0 Å². The molecule has 558 valence electrons. The number of H-pyrrole nitrogens is 1. The number of benzene rings is 2. The van der Waals surface area contributed by atoms with E-state index in [4.69, 9.17) is 55.8 Å². The minimum atomic E-state index is -0.479. The number of rotatable bonds is 9. The normalized spacial score (nSPS) is 20.8. The predicted octanol–water partition coefficient (Wildman–Crippen LogP) is 11.3. The molecule has 0 saturated carbocycles. The van der Waals surface area contributed by atoms with Crippen molar-refractivity contribution in [3.8, 4) is 57.4 Å². The number of aliphatic hydroxyl groups excluding tert-OH is 2. The average Bonchev–Trinajstić information content (AvgIpc) is 1.61. The van der Waals surface area contributed by atoms with Crippen molar-refractivity contribution in [1.29, 1.82) is 0 Å². The average molecular weight is 1660 g/mol.